The molecule has 0 radical (unpaired) electrons. The standard InChI is InChI=1S/C17H20N6O2S2/c1-17(2,3)14-19-11-9(13(24)23(5)16(25)22(11)4)12(20-14)26-15-18-10(21-27-15)8-6-7-8/h8H,6-7H2,1-5H3. The second kappa shape index (κ2) is 6.23. The molecule has 1 fully saturated rings. The lowest BCUT2D eigenvalue weighted by Crippen LogP contribution is -2.38. The Balaban J connectivity index is 1.95. The summed E-state index contributed by atoms with van der Waals surface area (Å²) in [6, 6.07) is 0. The maximum atomic E-state index is 12.8. The Morgan fingerprint density at radius 3 is 2.41 bits per heavy atom. The number of fused-ring (bicyclic) bond motifs is 1. The minimum atomic E-state index is -0.408. The van der Waals surface area contributed by atoms with Gasteiger partial charge in [0.1, 0.15) is 22.1 Å². The van der Waals surface area contributed by atoms with Crippen LogP contribution in [0.4, 0.5) is 0 Å². The van der Waals surface area contributed by atoms with Crippen molar-refractivity contribution >= 4 is 34.3 Å². The highest BCUT2D eigenvalue weighted by Crippen LogP contribution is 2.41. The maximum Gasteiger partial charge on any atom is 0.332 e. The van der Waals surface area contributed by atoms with Crippen molar-refractivity contribution in [2.75, 3.05) is 0 Å². The molecule has 0 aliphatic heterocycles. The summed E-state index contributed by atoms with van der Waals surface area (Å²) >= 11 is 2.63. The summed E-state index contributed by atoms with van der Waals surface area (Å²) < 4.78 is 7.65. The molecule has 10 heteroatoms. The van der Waals surface area contributed by atoms with E-state index in [-0.39, 0.29) is 5.41 Å². The van der Waals surface area contributed by atoms with Gasteiger partial charge in [-0.1, -0.05) is 20.8 Å². The van der Waals surface area contributed by atoms with Crippen molar-refractivity contribution in [3.63, 3.8) is 0 Å². The molecular formula is C17H20N6O2S2. The van der Waals surface area contributed by atoms with Crippen LogP contribution >= 0.6 is 23.3 Å². The Kier molecular flexibility index (Phi) is 4.22. The molecule has 0 spiro atoms. The van der Waals surface area contributed by atoms with Gasteiger partial charge in [0, 0.05) is 25.4 Å². The fourth-order valence-corrected chi connectivity index (χ4v) is 4.40. The van der Waals surface area contributed by atoms with E-state index in [0.29, 0.717) is 27.8 Å². The highest BCUT2D eigenvalue weighted by atomic mass is 32.2. The molecule has 0 atom stereocenters. The van der Waals surface area contributed by atoms with Crippen molar-refractivity contribution in [1.82, 2.24) is 28.5 Å². The average molecular weight is 405 g/mol. The molecule has 8 nitrogen and oxygen atoms in total. The molecule has 142 valence electrons. The quantitative estimate of drug-likeness (QED) is 0.618. The van der Waals surface area contributed by atoms with E-state index in [1.54, 1.807) is 7.05 Å². The normalized spacial score (nSPS) is 14.9. The van der Waals surface area contributed by atoms with E-state index in [0.717, 1.165) is 27.6 Å². The van der Waals surface area contributed by atoms with Crippen LogP contribution in [0.15, 0.2) is 19.0 Å². The summed E-state index contributed by atoms with van der Waals surface area (Å²) in [7, 11) is 3.08. The number of hydrogen-bond acceptors (Lipinski definition) is 8. The Morgan fingerprint density at radius 2 is 1.78 bits per heavy atom. The maximum absolute atomic E-state index is 12.8. The number of hydrogen-bond donors (Lipinski definition) is 0. The van der Waals surface area contributed by atoms with Crippen LogP contribution in [0.2, 0.25) is 0 Å². The van der Waals surface area contributed by atoms with E-state index in [2.05, 4.69) is 19.3 Å². The average Bonchev–Trinajstić information content (AvgIpc) is 3.36. The van der Waals surface area contributed by atoms with E-state index in [4.69, 9.17) is 0 Å². The molecule has 1 aliphatic carbocycles. The lowest BCUT2D eigenvalue weighted by atomic mass is 9.96. The van der Waals surface area contributed by atoms with Crippen LogP contribution in [0.5, 0.6) is 0 Å². The van der Waals surface area contributed by atoms with Crippen LogP contribution in [0.3, 0.4) is 0 Å². The van der Waals surface area contributed by atoms with Crippen LogP contribution < -0.4 is 11.2 Å². The zero-order valence-electron chi connectivity index (χ0n) is 15.8. The van der Waals surface area contributed by atoms with Crippen LogP contribution in [-0.4, -0.2) is 28.5 Å². The summed E-state index contributed by atoms with van der Waals surface area (Å²) in [5.74, 6) is 1.92. The highest BCUT2D eigenvalue weighted by Gasteiger charge is 2.29. The first-order chi connectivity index (χ1) is 12.7. The van der Waals surface area contributed by atoms with Gasteiger partial charge in [-0.05, 0) is 36.1 Å². The highest BCUT2D eigenvalue weighted by molar-refractivity contribution is 8.01. The minimum Gasteiger partial charge on any atom is -0.280 e. The van der Waals surface area contributed by atoms with Gasteiger partial charge in [-0.3, -0.25) is 13.9 Å². The molecule has 3 heterocycles. The van der Waals surface area contributed by atoms with Gasteiger partial charge in [-0.2, -0.15) is 4.37 Å². The molecule has 27 heavy (non-hydrogen) atoms. The van der Waals surface area contributed by atoms with Crippen LogP contribution in [0.1, 0.15) is 51.2 Å². The summed E-state index contributed by atoms with van der Waals surface area (Å²) in [5, 5.41) is 0.848. The zero-order chi connectivity index (χ0) is 19.5. The lowest BCUT2D eigenvalue weighted by Gasteiger charge is -2.19. The molecule has 0 N–H and O–H groups in total. The Hall–Kier alpha value is -2.07. The number of nitrogens with zero attached hydrogens (tertiary/aromatic N) is 6. The lowest BCUT2D eigenvalue weighted by molar-refractivity contribution is 0.539. The molecular weight excluding hydrogens is 384 g/mol. The van der Waals surface area contributed by atoms with E-state index in [1.165, 1.54) is 34.9 Å². The van der Waals surface area contributed by atoms with Gasteiger partial charge < -0.3 is 0 Å². The topological polar surface area (TPSA) is 95.6 Å². The van der Waals surface area contributed by atoms with Gasteiger partial charge >= 0.3 is 5.69 Å². The summed E-state index contributed by atoms with van der Waals surface area (Å²) in [6.45, 7) is 5.99. The first kappa shape index (κ1) is 18.3. The third-order valence-corrected chi connectivity index (χ3v) is 6.24. The Labute approximate surface area is 163 Å². The van der Waals surface area contributed by atoms with Gasteiger partial charge in [0.15, 0.2) is 9.99 Å². The minimum absolute atomic E-state index is 0.332. The second-order valence-corrected chi connectivity index (χ2v) is 9.79. The number of rotatable bonds is 3. The molecule has 0 saturated heterocycles. The molecule has 3 aromatic rings. The fraction of sp³-hybridized carbons (Fsp3) is 0.529. The SMILES string of the molecule is Cn1c(=O)c2c(Sc3nc(C4CC4)ns3)nc(C(C)(C)C)nc2n(C)c1=O. The third kappa shape index (κ3) is 3.20. The van der Waals surface area contributed by atoms with Crippen LogP contribution in [0.25, 0.3) is 11.0 Å². The Bertz CT molecular complexity index is 1170. The van der Waals surface area contributed by atoms with Crippen molar-refractivity contribution in [2.24, 2.45) is 14.1 Å². The number of aromatic nitrogens is 6. The van der Waals surface area contributed by atoms with Gasteiger partial charge in [-0.15, -0.1) is 0 Å². The molecule has 0 amide bonds. The smallest absolute Gasteiger partial charge is 0.280 e. The van der Waals surface area contributed by atoms with Crippen molar-refractivity contribution in [3.05, 3.63) is 32.5 Å². The van der Waals surface area contributed by atoms with E-state index in [1.807, 2.05) is 20.8 Å². The largest absolute Gasteiger partial charge is 0.332 e. The Morgan fingerprint density at radius 1 is 1.07 bits per heavy atom. The van der Waals surface area contributed by atoms with Gasteiger partial charge in [0.25, 0.3) is 5.56 Å². The third-order valence-electron chi connectivity index (χ3n) is 4.49. The van der Waals surface area contributed by atoms with Crippen molar-refractivity contribution in [1.29, 1.82) is 0 Å². The summed E-state index contributed by atoms with van der Waals surface area (Å²) in [6.07, 6.45) is 2.27. The van der Waals surface area contributed by atoms with Gasteiger partial charge in [0.05, 0.1) is 0 Å². The van der Waals surface area contributed by atoms with Gasteiger partial charge in [-0.25, -0.2) is 19.7 Å². The zero-order valence-corrected chi connectivity index (χ0v) is 17.4. The first-order valence-electron chi connectivity index (χ1n) is 8.66. The molecule has 1 saturated carbocycles. The number of aryl methyl sites for hydroxylation is 1. The molecule has 3 aromatic heterocycles. The molecule has 0 unspecified atom stereocenters. The molecule has 0 aromatic carbocycles. The van der Waals surface area contributed by atoms with E-state index >= 15 is 0 Å². The summed E-state index contributed by atoms with van der Waals surface area (Å²) in [4.78, 5) is 39.0. The van der Waals surface area contributed by atoms with Crippen LogP contribution in [0, 0.1) is 0 Å². The monoisotopic (exact) mass is 404 g/mol. The van der Waals surface area contributed by atoms with Crippen LogP contribution in [-0.2, 0) is 19.5 Å². The van der Waals surface area contributed by atoms with Gasteiger partial charge in [0.2, 0.25) is 0 Å². The molecule has 0 bridgehead atoms. The van der Waals surface area contributed by atoms with Crippen molar-refractivity contribution in [3.8, 4) is 0 Å². The van der Waals surface area contributed by atoms with E-state index < -0.39 is 11.2 Å². The first-order valence-corrected chi connectivity index (χ1v) is 10.3. The fourth-order valence-electron chi connectivity index (χ4n) is 2.69. The summed E-state index contributed by atoms with van der Waals surface area (Å²) in [5.41, 5.74) is -0.796. The predicted molar refractivity (Wildman–Crippen MR) is 105 cm³/mol. The van der Waals surface area contributed by atoms with E-state index in [9.17, 15) is 9.59 Å². The van der Waals surface area contributed by atoms with Crippen molar-refractivity contribution in [2.45, 2.75) is 54.3 Å². The second-order valence-electron chi connectivity index (χ2n) is 7.80. The molecule has 4 rings (SSSR count). The molecule has 1 aliphatic rings. The predicted octanol–water partition coefficient (Wildman–Crippen LogP) is 2.20. The van der Waals surface area contributed by atoms with Crippen molar-refractivity contribution < 1.29 is 0 Å².